The van der Waals surface area contributed by atoms with E-state index in [1.165, 1.54) is 5.56 Å². The molecule has 3 aromatic rings. The van der Waals surface area contributed by atoms with Crippen molar-refractivity contribution in [3.8, 4) is 0 Å². The molecule has 30 heavy (non-hydrogen) atoms. The van der Waals surface area contributed by atoms with Crippen molar-refractivity contribution in [1.29, 1.82) is 0 Å². The van der Waals surface area contributed by atoms with Crippen LogP contribution in [0.3, 0.4) is 0 Å². The van der Waals surface area contributed by atoms with Gasteiger partial charge in [0.25, 0.3) is 5.91 Å². The molecule has 4 heteroatoms. The molecule has 4 nitrogen and oxygen atoms in total. The van der Waals surface area contributed by atoms with Crippen LogP contribution in [-0.4, -0.2) is 34.9 Å². The lowest BCUT2D eigenvalue weighted by molar-refractivity contribution is 0.0958. The highest BCUT2D eigenvalue weighted by Crippen LogP contribution is 2.27. The number of benzene rings is 2. The fraction of sp³-hybridized carbons (Fsp3) is 0.308. The number of hydrogen-bond acceptors (Lipinski definition) is 3. The van der Waals surface area contributed by atoms with Crippen molar-refractivity contribution in [2.24, 2.45) is 0 Å². The van der Waals surface area contributed by atoms with E-state index in [4.69, 9.17) is 0 Å². The van der Waals surface area contributed by atoms with E-state index in [1.54, 1.807) is 0 Å². The lowest BCUT2D eigenvalue weighted by Crippen LogP contribution is -2.47. The van der Waals surface area contributed by atoms with Crippen molar-refractivity contribution in [2.45, 2.75) is 38.8 Å². The molecule has 1 aliphatic heterocycles. The zero-order valence-electron chi connectivity index (χ0n) is 17.6. The van der Waals surface area contributed by atoms with E-state index in [0.717, 1.165) is 55.8 Å². The largest absolute Gasteiger partial charge is 0.305 e. The van der Waals surface area contributed by atoms with Crippen LogP contribution in [0.4, 0.5) is 5.69 Å². The predicted molar refractivity (Wildman–Crippen MR) is 122 cm³/mol. The fourth-order valence-electron chi connectivity index (χ4n) is 4.16. The topological polar surface area (TPSA) is 36.4 Å². The number of piperidine rings is 1. The third kappa shape index (κ3) is 4.77. The first kappa shape index (κ1) is 20.3. The van der Waals surface area contributed by atoms with Gasteiger partial charge >= 0.3 is 0 Å². The van der Waals surface area contributed by atoms with Crippen molar-refractivity contribution in [3.63, 3.8) is 0 Å². The number of nitrogens with zero attached hydrogens (tertiary/aromatic N) is 3. The Balaban J connectivity index is 1.52. The fourth-order valence-corrected chi connectivity index (χ4v) is 4.16. The summed E-state index contributed by atoms with van der Waals surface area (Å²) in [6.07, 6.45) is 4.77. The van der Waals surface area contributed by atoms with Gasteiger partial charge in [-0.25, -0.2) is 0 Å². The maximum absolute atomic E-state index is 13.5. The molecule has 154 valence electrons. The second-order valence-corrected chi connectivity index (χ2v) is 7.89. The number of anilines is 1. The Kier molecular flexibility index (Phi) is 6.55. The van der Waals surface area contributed by atoms with E-state index in [2.05, 4.69) is 47.1 Å². The second kappa shape index (κ2) is 9.68. The first-order chi connectivity index (χ1) is 14.7. The summed E-state index contributed by atoms with van der Waals surface area (Å²) in [5.74, 6) is 0.0861. The highest BCUT2D eigenvalue weighted by Gasteiger charge is 2.30. The molecule has 1 amide bonds. The van der Waals surface area contributed by atoms with Gasteiger partial charge < -0.3 is 4.90 Å². The Morgan fingerprint density at radius 1 is 0.967 bits per heavy atom. The van der Waals surface area contributed by atoms with E-state index in [0.29, 0.717) is 0 Å². The van der Waals surface area contributed by atoms with Gasteiger partial charge in [-0.05, 0) is 61.2 Å². The summed E-state index contributed by atoms with van der Waals surface area (Å²) in [5, 5.41) is 0. The Labute approximate surface area is 179 Å². The summed E-state index contributed by atoms with van der Waals surface area (Å²) >= 11 is 0. The molecule has 0 saturated carbocycles. The highest BCUT2D eigenvalue weighted by molar-refractivity contribution is 6.06. The Morgan fingerprint density at radius 3 is 2.30 bits per heavy atom. The third-order valence-electron chi connectivity index (χ3n) is 5.90. The quantitative estimate of drug-likeness (QED) is 0.588. The maximum atomic E-state index is 13.5. The average Bonchev–Trinajstić information content (AvgIpc) is 2.82. The van der Waals surface area contributed by atoms with Gasteiger partial charge in [0.1, 0.15) is 0 Å². The minimum absolute atomic E-state index is 0.0861. The van der Waals surface area contributed by atoms with Crippen LogP contribution in [0.25, 0.3) is 0 Å². The van der Waals surface area contributed by atoms with Gasteiger partial charge in [0.2, 0.25) is 0 Å². The molecule has 0 N–H and O–H groups in total. The summed E-state index contributed by atoms with van der Waals surface area (Å²) < 4.78 is 0. The zero-order chi connectivity index (χ0) is 20.8. The Morgan fingerprint density at radius 2 is 1.67 bits per heavy atom. The number of aryl methyl sites for hydroxylation is 1. The molecular weight excluding hydrogens is 370 g/mol. The number of carbonyl (C=O) groups is 1. The number of pyridine rings is 1. The maximum Gasteiger partial charge on any atom is 0.258 e. The lowest BCUT2D eigenvalue weighted by Gasteiger charge is -2.38. The van der Waals surface area contributed by atoms with Gasteiger partial charge in [-0.2, -0.15) is 0 Å². The number of rotatable bonds is 6. The zero-order valence-corrected chi connectivity index (χ0v) is 17.6. The minimum atomic E-state index is 0.0861. The minimum Gasteiger partial charge on any atom is -0.305 e. The van der Waals surface area contributed by atoms with Crippen LogP contribution in [0, 0.1) is 0 Å². The summed E-state index contributed by atoms with van der Waals surface area (Å²) in [7, 11) is 0. The molecule has 2 heterocycles. The van der Waals surface area contributed by atoms with E-state index in [-0.39, 0.29) is 11.9 Å². The summed E-state index contributed by atoms with van der Waals surface area (Å²) in [6, 6.07) is 24.4. The Bertz CT molecular complexity index is 933. The molecule has 1 aliphatic rings. The van der Waals surface area contributed by atoms with Gasteiger partial charge in [-0.15, -0.1) is 0 Å². The van der Waals surface area contributed by atoms with Gasteiger partial charge in [-0.3, -0.25) is 14.7 Å². The second-order valence-electron chi connectivity index (χ2n) is 7.89. The molecule has 0 atom stereocenters. The normalized spacial score (nSPS) is 15.1. The number of carbonyl (C=O) groups excluding carboxylic acids is 1. The summed E-state index contributed by atoms with van der Waals surface area (Å²) in [5.41, 5.74) is 4.12. The first-order valence-corrected chi connectivity index (χ1v) is 10.8. The molecule has 2 aromatic carbocycles. The van der Waals surface area contributed by atoms with E-state index in [1.807, 2.05) is 53.6 Å². The number of amides is 1. The average molecular weight is 400 g/mol. The van der Waals surface area contributed by atoms with Gasteiger partial charge in [-0.1, -0.05) is 43.3 Å². The number of aromatic nitrogens is 1. The molecule has 0 aliphatic carbocycles. The highest BCUT2D eigenvalue weighted by atomic mass is 16.2. The monoisotopic (exact) mass is 399 g/mol. The van der Waals surface area contributed by atoms with Crippen LogP contribution in [0.15, 0.2) is 79.0 Å². The van der Waals surface area contributed by atoms with Crippen LogP contribution in [0.1, 0.15) is 41.4 Å². The Hall–Kier alpha value is -2.98. The molecule has 0 spiro atoms. The van der Waals surface area contributed by atoms with Gasteiger partial charge in [0.15, 0.2) is 0 Å². The number of hydrogen-bond donors (Lipinski definition) is 0. The molecule has 0 radical (unpaired) electrons. The summed E-state index contributed by atoms with van der Waals surface area (Å²) in [4.78, 5) is 22.4. The SMILES string of the molecule is CCc1ccc(N(C(=O)c2ccccc2)C2CCN(Cc3ccccn3)CC2)cc1. The summed E-state index contributed by atoms with van der Waals surface area (Å²) in [6.45, 7) is 4.95. The molecular formula is C26H29N3O. The van der Waals surface area contributed by atoms with Crippen molar-refractivity contribution in [2.75, 3.05) is 18.0 Å². The van der Waals surface area contributed by atoms with E-state index in [9.17, 15) is 4.79 Å². The standard InChI is InChI=1S/C26H29N3O/c1-2-21-11-13-24(14-12-21)29(26(30)22-8-4-3-5-9-22)25-15-18-28(19-16-25)20-23-10-6-7-17-27-23/h3-14,17,25H,2,15-16,18-20H2,1H3. The molecule has 1 fully saturated rings. The van der Waals surface area contributed by atoms with Gasteiger partial charge in [0, 0.05) is 43.1 Å². The van der Waals surface area contributed by atoms with E-state index < -0.39 is 0 Å². The van der Waals surface area contributed by atoms with Crippen LogP contribution in [-0.2, 0) is 13.0 Å². The van der Waals surface area contributed by atoms with Crippen molar-refractivity contribution < 1.29 is 4.79 Å². The van der Waals surface area contributed by atoms with Gasteiger partial charge in [0.05, 0.1) is 5.69 Å². The molecule has 4 rings (SSSR count). The molecule has 1 aromatic heterocycles. The van der Waals surface area contributed by atoms with Crippen LogP contribution in [0.5, 0.6) is 0 Å². The van der Waals surface area contributed by atoms with Crippen molar-refractivity contribution in [1.82, 2.24) is 9.88 Å². The number of likely N-dealkylation sites (tertiary alicyclic amines) is 1. The predicted octanol–water partition coefficient (Wildman–Crippen LogP) is 4.96. The molecule has 0 unspecified atom stereocenters. The van der Waals surface area contributed by atoms with Crippen LogP contribution < -0.4 is 4.90 Å². The van der Waals surface area contributed by atoms with Crippen molar-refractivity contribution in [3.05, 3.63) is 95.8 Å². The molecule has 0 bridgehead atoms. The van der Waals surface area contributed by atoms with E-state index >= 15 is 0 Å². The molecule has 1 saturated heterocycles. The smallest absolute Gasteiger partial charge is 0.258 e. The first-order valence-electron chi connectivity index (χ1n) is 10.8. The van der Waals surface area contributed by atoms with Crippen molar-refractivity contribution >= 4 is 11.6 Å². The van der Waals surface area contributed by atoms with Crippen LogP contribution in [0.2, 0.25) is 0 Å². The van der Waals surface area contributed by atoms with Crippen LogP contribution >= 0.6 is 0 Å². The lowest BCUT2D eigenvalue weighted by atomic mass is 10.00. The third-order valence-corrected chi connectivity index (χ3v) is 5.90.